The molecule has 0 bridgehead atoms. The fourth-order valence-corrected chi connectivity index (χ4v) is 11.9. The molecule has 0 saturated carbocycles. The molecule has 24 nitrogen and oxygen atoms in total. The van der Waals surface area contributed by atoms with Crippen LogP contribution < -0.4 is 47.9 Å². The molecular formula is C63H91N11O13. The minimum absolute atomic E-state index is 0.142. The lowest BCUT2D eigenvalue weighted by Gasteiger charge is -2.33. The number of carbonyl (C=O) groups is 8. The van der Waals surface area contributed by atoms with Gasteiger partial charge >= 0.3 is 0 Å². The van der Waals surface area contributed by atoms with Crippen molar-refractivity contribution >= 4 is 47.3 Å². The summed E-state index contributed by atoms with van der Waals surface area (Å²) >= 11 is 0. The first kappa shape index (κ1) is 67.6. The summed E-state index contributed by atoms with van der Waals surface area (Å²) in [5, 5.41) is 36.9. The van der Waals surface area contributed by atoms with E-state index in [2.05, 4.69) is 47.9 Å². The number of hydrogen-bond donors (Lipinski definition) is 10. The Balaban J connectivity index is 0.743. The number of carbonyl (C=O) groups excluding carboxylic acids is 8. The number of ether oxygens (including phenoxy) is 4. The van der Waals surface area contributed by atoms with Gasteiger partial charge in [-0.15, -0.1) is 0 Å². The van der Waals surface area contributed by atoms with Gasteiger partial charge in [0, 0.05) is 56.7 Å². The SMILES string of the molecule is CN[C@@H](C)C(=O)NC1C(=O)N2[C@@H](CC[C@@H]1CO)CC[C@H]2C(=O)N[C@H](C(=O)NCCOCCOCCOCCNC(=O)COCCNC[C@H]1CC[C@H]2CC[C@@H](C(=O)NC(c3ccccc3)c3ccccc3)N2C(=O)[C@H]1NC(=O)[C@H](C)NC)c1ccccc1. The molecule has 10 N–H and O–H groups in total. The molecule has 24 heteroatoms. The van der Waals surface area contributed by atoms with Gasteiger partial charge in [0.15, 0.2) is 0 Å². The Morgan fingerprint density at radius 1 is 0.517 bits per heavy atom. The van der Waals surface area contributed by atoms with Crippen LogP contribution in [0.1, 0.15) is 94.0 Å². The predicted octanol–water partition coefficient (Wildman–Crippen LogP) is 0.355. The Morgan fingerprint density at radius 2 is 0.954 bits per heavy atom. The molecule has 0 radical (unpaired) electrons. The van der Waals surface area contributed by atoms with Gasteiger partial charge in [0.25, 0.3) is 0 Å². The van der Waals surface area contributed by atoms with Crippen molar-refractivity contribution in [1.29, 1.82) is 0 Å². The Kier molecular flexibility index (Phi) is 27.3. The van der Waals surface area contributed by atoms with E-state index in [1.807, 2.05) is 60.7 Å². The van der Waals surface area contributed by atoms with Crippen LogP contribution in [0.25, 0.3) is 0 Å². The van der Waals surface area contributed by atoms with E-state index in [4.69, 9.17) is 18.9 Å². The number of likely N-dealkylation sites (N-methyl/N-ethyl adjacent to an activating group) is 2. The van der Waals surface area contributed by atoms with Crippen molar-refractivity contribution in [3.05, 3.63) is 108 Å². The summed E-state index contributed by atoms with van der Waals surface area (Å²) in [5.41, 5.74) is 2.41. The first-order chi connectivity index (χ1) is 42.2. The number of aliphatic hydroxyl groups excluding tert-OH is 1. The Bertz CT molecular complexity index is 2640. The quantitative estimate of drug-likeness (QED) is 0.0361. The molecule has 1 unspecified atom stereocenters. The fraction of sp³-hybridized carbons (Fsp3) is 0.587. The van der Waals surface area contributed by atoms with Crippen LogP contribution in [0, 0.1) is 11.8 Å². The third-order valence-electron chi connectivity index (χ3n) is 17.0. The number of fused-ring (bicyclic) bond motifs is 2. The predicted molar refractivity (Wildman–Crippen MR) is 323 cm³/mol. The van der Waals surface area contributed by atoms with Crippen LogP contribution >= 0.6 is 0 Å². The van der Waals surface area contributed by atoms with Crippen molar-refractivity contribution in [3.8, 4) is 0 Å². The fourth-order valence-electron chi connectivity index (χ4n) is 11.9. The zero-order valence-corrected chi connectivity index (χ0v) is 50.7. The van der Waals surface area contributed by atoms with Crippen LogP contribution in [-0.2, 0) is 57.3 Å². The van der Waals surface area contributed by atoms with Gasteiger partial charge < -0.3 is 81.7 Å². The molecule has 4 heterocycles. The Morgan fingerprint density at radius 3 is 1.46 bits per heavy atom. The summed E-state index contributed by atoms with van der Waals surface area (Å²) in [4.78, 5) is 112. The van der Waals surface area contributed by atoms with E-state index in [0.29, 0.717) is 76.6 Å². The maximum atomic E-state index is 14.6. The number of benzene rings is 3. The van der Waals surface area contributed by atoms with E-state index in [-0.39, 0.29) is 113 Å². The third-order valence-corrected chi connectivity index (χ3v) is 17.0. The smallest absolute Gasteiger partial charge is 0.247 e. The standard InChI is InChI=1S/C63H91N11O13/c1-41(64-3)57(77)71-55-46(20-22-48-24-26-50(73(48)62(55)82)59(79)69-53(43-14-8-5-9-15-43)44-16-10-6-11-17-44)38-66-28-31-87-40-52(76)67-29-32-84-34-36-86-37-35-85-33-30-68-61(81)54(45-18-12-7-13-19-45)70-60(80)51-27-25-49-23-21-47(39-75)56(63(83)74(49)51)72-58(78)42(2)65-4/h5-19,41-42,46-51,53-56,64-66,75H,20-40H2,1-4H3,(H,67,76)(H,68,81)(H,69,79)(H,70,80)(H,71,77)(H,72,78)/t41-,42-,46+,47+,48-,49-,50-,51-,54-,55-,56?/m0/s1. The molecule has 4 fully saturated rings. The molecule has 4 saturated heterocycles. The number of nitrogens with one attached hydrogen (secondary N) is 9. The lowest BCUT2D eigenvalue weighted by molar-refractivity contribution is -0.144. The van der Waals surface area contributed by atoms with Crippen molar-refractivity contribution < 1.29 is 62.4 Å². The minimum Gasteiger partial charge on any atom is -0.396 e. The van der Waals surface area contributed by atoms with Crippen LogP contribution in [0.5, 0.6) is 0 Å². The monoisotopic (exact) mass is 1210 g/mol. The average molecular weight is 1210 g/mol. The molecule has 11 atom stereocenters. The number of hydrogen-bond acceptors (Lipinski definition) is 16. The number of amides is 8. The second kappa shape index (κ2) is 35.2. The molecule has 4 aliphatic heterocycles. The molecule has 0 aromatic heterocycles. The van der Waals surface area contributed by atoms with Gasteiger partial charge in [0.05, 0.1) is 64.4 Å². The number of nitrogens with zero attached hydrogens (tertiary/aromatic N) is 2. The lowest BCUT2D eigenvalue weighted by atomic mass is 9.92. The van der Waals surface area contributed by atoms with Crippen LogP contribution in [0.3, 0.4) is 0 Å². The maximum absolute atomic E-state index is 14.6. The van der Waals surface area contributed by atoms with E-state index >= 15 is 0 Å². The Labute approximate surface area is 510 Å². The van der Waals surface area contributed by atoms with Gasteiger partial charge in [-0.2, -0.15) is 0 Å². The van der Waals surface area contributed by atoms with Crippen molar-refractivity contribution in [2.45, 2.75) is 126 Å². The summed E-state index contributed by atoms with van der Waals surface area (Å²) in [6.07, 6.45) is 4.56. The van der Waals surface area contributed by atoms with E-state index in [9.17, 15) is 43.5 Å². The molecule has 87 heavy (non-hydrogen) atoms. The van der Waals surface area contributed by atoms with Gasteiger partial charge in [-0.1, -0.05) is 91.0 Å². The highest BCUT2D eigenvalue weighted by atomic mass is 16.5. The minimum atomic E-state index is -1.06. The summed E-state index contributed by atoms with van der Waals surface area (Å²) < 4.78 is 22.5. The van der Waals surface area contributed by atoms with Crippen LogP contribution in [-0.4, -0.2) is 210 Å². The topological polar surface area (TPSA) is 308 Å². The van der Waals surface area contributed by atoms with Crippen LogP contribution in [0.4, 0.5) is 0 Å². The van der Waals surface area contributed by atoms with Crippen molar-refractivity contribution in [1.82, 2.24) is 57.7 Å². The highest BCUT2D eigenvalue weighted by Gasteiger charge is 2.50. The molecule has 3 aromatic rings. The van der Waals surface area contributed by atoms with E-state index in [1.165, 1.54) is 0 Å². The van der Waals surface area contributed by atoms with Gasteiger partial charge in [0.2, 0.25) is 47.3 Å². The highest BCUT2D eigenvalue weighted by molar-refractivity contribution is 5.96. The second-order valence-corrected chi connectivity index (χ2v) is 22.7. The highest BCUT2D eigenvalue weighted by Crippen LogP contribution is 2.36. The maximum Gasteiger partial charge on any atom is 0.247 e. The molecule has 8 amide bonds. The number of rotatable bonds is 34. The molecule has 3 aromatic carbocycles. The van der Waals surface area contributed by atoms with E-state index in [1.54, 1.807) is 68.1 Å². The second-order valence-electron chi connectivity index (χ2n) is 22.7. The summed E-state index contributed by atoms with van der Waals surface area (Å²) in [6, 6.07) is 21.9. The van der Waals surface area contributed by atoms with E-state index < -0.39 is 72.0 Å². The lowest BCUT2D eigenvalue weighted by Crippen LogP contribution is -2.59. The summed E-state index contributed by atoms with van der Waals surface area (Å²) in [7, 11) is 3.32. The average Bonchev–Trinajstić information content (AvgIpc) is 2.09. The van der Waals surface area contributed by atoms with Crippen molar-refractivity contribution in [3.63, 3.8) is 0 Å². The van der Waals surface area contributed by atoms with Gasteiger partial charge in [0.1, 0.15) is 36.8 Å². The first-order valence-corrected chi connectivity index (χ1v) is 30.8. The van der Waals surface area contributed by atoms with Crippen molar-refractivity contribution in [2.24, 2.45) is 11.8 Å². The zero-order chi connectivity index (χ0) is 62.1. The van der Waals surface area contributed by atoms with Gasteiger partial charge in [-0.05, 0) is 96.0 Å². The normalized spacial score (nSPS) is 22.9. The molecule has 7 rings (SSSR count). The largest absolute Gasteiger partial charge is 0.396 e. The first-order valence-electron chi connectivity index (χ1n) is 30.8. The Hall–Kier alpha value is -6.90. The van der Waals surface area contributed by atoms with Crippen LogP contribution in [0.15, 0.2) is 91.0 Å². The molecular weight excluding hydrogens is 1120 g/mol. The third kappa shape index (κ3) is 19.3. The summed E-state index contributed by atoms with van der Waals surface area (Å²) in [6.45, 7) is 5.93. The number of aliphatic hydroxyl groups is 1. The molecule has 476 valence electrons. The molecule has 0 aliphatic carbocycles. The van der Waals surface area contributed by atoms with Gasteiger partial charge in [-0.3, -0.25) is 38.4 Å². The molecule has 0 spiro atoms. The van der Waals surface area contributed by atoms with E-state index in [0.717, 1.165) is 11.1 Å². The molecule has 4 aliphatic rings. The van der Waals surface area contributed by atoms with Crippen molar-refractivity contribution in [2.75, 3.05) is 99.7 Å². The van der Waals surface area contributed by atoms with Crippen LogP contribution in [0.2, 0.25) is 0 Å². The van der Waals surface area contributed by atoms with Gasteiger partial charge in [-0.25, -0.2) is 0 Å². The zero-order valence-electron chi connectivity index (χ0n) is 50.7. The summed E-state index contributed by atoms with van der Waals surface area (Å²) in [5.74, 6) is -3.63.